The Morgan fingerprint density at radius 2 is 1.82 bits per heavy atom. The lowest BCUT2D eigenvalue weighted by Gasteiger charge is -2.27. The second-order valence-corrected chi connectivity index (χ2v) is 10.4. The maximum absolute atomic E-state index is 13.0. The number of nitrogens with one attached hydrogen (secondary N) is 3. The minimum Gasteiger partial charge on any atom is -0.442 e. The number of amides is 3. The molecule has 1 heterocycles. The molecular weight excluding hydrogens is 466 g/mol. The molecule has 11 nitrogen and oxygen atoms in total. The summed E-state index contributed by atoms with van der Waals surface area (Å²) in [5.74, 6) is -1.48. The van der Waals surface area contributed by atoms with E-state index >= 15 is 0 Å². The van der Waals surface area contributed by atoms with Gasteiger partial charge in [0.1, 0.15) is 12.1 Å². The van der Waals surface area contributed by atoms with Crippen molar-refractivity contribution in [3.8, 4) is 0 Å². The highest BCUT2D eigenvalue weighted by Gasteiger charge is 2.39. The van der Waals surface area contributed by atoms with Crippen LogP contribution < -0.4 is 16.0 Å². The lowest BCUT2D eigenvalue weighted by molar-refractivity contribution is -0.126. The zero-order valence-corrected chi connectivity index (χ0v) is 19.7. The topological polar surface area (TPSA) is 171 Å². The molecule has 3 amide bonds. The molecule has 1 aliphatic heterocycles. The van der Waals surface area contributed by atoms with Gasteiger partial charge in [0.2, 0.25) is 17.3 Å². The number of carbonyl (C=O) groups excluding carboxylic acids is 3. The van der Waals surface area contributed by atoms with Gasteiger partial charge in [0, 0.05) is 12.5 Å². The molecule has 1 aromatic rings. The first kappa shape index (κ1) is 25.9. The number of hydrogen-bond donors (Lipinski definition) is 5. The Morgan fingerprint density at radius 3 is 2.38 bits per heavy atom. The van der Waals surface area contributed by atoms with Crippen molar-refractivity contribution >= 4 is 28.0 Å². The summed E-state index contributed by atoms with van der Waals surface area (Å²) in [5, 5.41) is 17.7. The Balaban J connectivity index is 1.67. The summed E-state index contributed by atoms with van der Waals surface area (Å²) in [6, 6.07) is 6.55. The summed E-state index contributed by atoms with van der Waals surface area (Å²) < 4.78 is 37.8. The van der Waals surface area contributed by atoms with Crippen LogP contribution in [0.5, 0.6) is 0 Å². The minimum atomic E-state index is -4.92. The molecule has 5 atom stereocenters. The molecular formula is C22H31N3O8S. The van der Waals surface area contributed by atoms with Crippen LogP contribution in [-0.2, 0) is 24.4 Å². The molecule has 1 aliphatic carbocycles. The molecule has 1 saturated heterocycles. The van der Waals surface area contributed by atoms with Gasteiger partial charge in [-0.25, -0.2) is 4.79 Å². The molecule has 3 rings (SSSR count). The third kappa shape index (κ3) is 7.40. The van der Waals surface area contributed by atoms with E-state index in [-0.39, 0.29) is 18.2 Å². The van der Waals surface area contributed by atoms with E-state index in [1.165, 1.54) is 0 Å². The second-order valence-electron chi connectivity index (χ2n) is 8.87. The summed E-state index contributed by atoms with van der Waals surface area (Å²) in [6.07, 6.45) is 0.904. The van der Waals surface area contributed by atoms with Gasteiger partial charge in [0.05, 0.1) is 6.04 Å². The first-order chi connectivity index (χ1) is 16.0. The van der Waals surface area contributed by atoms with E-state index in [4.69, 9.17) is 4.74 Å². The molecule has 0 radical (unpaired) electrons. The van der Waals surface area contributed by atoms with Crippen LogP contribution in [0.25, 0.3) is 0 Å². The van der Waals surface area contributed by atoms with Crippen LogP contribution in [0, 0.1) is 11.8 Å². The number of alkyl carbamates (subject to hydrolysis) is 1. The zero-order valence-electron chi connectivity index (χ0n) is 18.8. The van der Waals surface area contributed by atoms with Crippen LogP contribution in [0.3, 0.4) is 0 Å². The van der Waals surface area contributed by atoms with Crippen LogP contribution in [0.2, 0.25) is 0 Å². The van der Waals surface area contributed by atoms with Gasteiger partial charge >= 0.3 is 6.09 Å². The van der Waals surface area contributed by atoms with E-state index in [1.54, 1.807) is 19.1 Å². The highest BCUT2D eigenvalue weighted by molar-refractivity contribution is 7.86. The molecule has 12 heteroatoms. The van der Waals surface area contributed by atoms with Crippen molar-refractivity contribution in [3.63, 3.8) is 0 Å². The van der Waals surface area contributed by atoms with Gasteiger partial charge in [0.15, 0.2) is 0 Å². The minimum absolute atomic E-state index is 0.190. The number of benzene rings is 1. The average Bonchev–Trinajstić information content (AvgIpc) is 3.51. The van der Waals surface area contributed by atoms with E-state index in [2.05, 4.69) is 16.0 Å². The third-order valence-corrected chi connectivity index (χ3v) is 7.04. The average molecular weight is 498 g/mol. The summed E-state index contributed by atoms with van der Waals surface area (Å²) in [4.78, 5) is 37.4. The number of rotatable bonds is 11. The fourth-order valence-electron chi connectivity index (χ4n) is 3.96. The number of hydrogen-bond acceptors (Lipinski definition) is 7. The molecule has 5 N–H and O–H groups in total. The Kier molecular flexibility index (Phi) is 8.50. The van der Waals surface area contributed by atoms with Crippen LogP contribution >= 0.6 is 0 Å². The fourth-order valence-corrected chi connectivity index (χ4v) is 4.56. The predicted molar refractivity (Wildman–Crippen MR) is 121 cm³/mol. The van der Waals surface area contributed by atoms with Crippen LogP contribution in [-0.4, -0.2) is 60.0 Å². The van der Waals surface area contributed by atoms with Crippen molar-refractivity contribution in [2.24, 2.45) is 11.8 Å². The number of aliphatic hydroxyl groups is 1. The van der Waals surface area contributed by atoms with Crippen molar-refractivity contribution in [2.75, 3.05) is 6.54 Å². The Morgan fingerprint density at radius 1 is 1.15 bits per heavy atom. The summed E-state index contributed by atoms with van der Waals surface area (Å²) in [6.45, 7) is 2.08. The van der Waals surface area contributed by atoms with Gasteiger partial charge in [-0.05, 0) is 37.7 Å². The van der Waals surface area contributed by atoms with Gasteiger partial charge in [-0.15, -0.1) is 0 Å². The van der Waals surface area contributed by atoms with E-state index in [1.807, 2.05) is 18.2 Å². The first-order valence-corrected chi connectivity index (χ1v) is 12.8. The normalized spacial score (nSPS) is 21.6. The van der Waals surface area contributed by atoms with E-state index in [9.17, 15) is 32.5 Å². The predicted octanol–water partition coefficient (Wildman–Crippen LogP) is 0.860. The van der Waals surface area contributed by atoms with Crippen molar-refractivity contribution in [1.82, 2.24) is 16.0 Å². The highest BCUT2D eigenvalue weighted by atomic mass is 32.2. The lowest BCUT2D eigenvalue weighted by Crippen LogP contribution is -2.54. The quantitative estimate of drug-likeness (QED) is 0.280. The highest BCUT2D eigenvalue weighted by Crippen LogP contribution is 2.33. The molecule has 0 aromatic heterocycles. The van der Waals surface area contributed by atoms with Gasteiger partial charge in [0.25, 0.3) is 10.1 Å². The molecule has 1 unspecified atom stereocenters. The van der Waals surface area contributed by atoms with Crippen molar-refractivity contribution < 1.29 is 37.2 Å². The van der Waals surface area contributed by atoms with E-state index in [0.717, 1.165) is 18.4 Å². The van der Waals surface area contributed by atoms with Crippen LogP contribution in [0.15, 0.2) is 30.3 Å². The van der Waals surface area contributed by atoms with Gasteiger partial charge in [-0.2, -0.15) is 8.42 Å². The number of aliphatic hydroxyl groups excluding tert-OH is 1. The zero-order chi connectivity index (χ0) is 24.9. The summed E-state index contributed by atoms with van der Waals surface area (Å²) in [7, 11) is -4.92. The van der Waals surface area contributed by atoms with Gasteiger partial charge < -0.3 is 25.8 Å². The number of ether oxygens (including phenoxy) is 1. The Bertz CT molecular complexity index is 983. The second kappa shape index (κ2) is 11.2. The van der Waals surface area contributed by atoms with Crippen molar-refractivity contribution in [2.45, 2.75) is 62.7 Å². The molecule has 2 aliphatic rings. The molecule has 0 bridgehead atoms. The molecule has 0 spiro atoms. The van der Waals surface area contributed by atoms with Gasteiger partial charge in [-0.3, -0.25) is 14.1 Å². The largest absolute Gasteiger partial charge is 0.442 e. The van der Waals surface area contributed by atoms with Crippen molar-refractivity contribution in [3.05, 3.63) is 35.9 Å². The Hall–Kier alpha value is -2.70. The third-order valence-electron chi connectivity index (χ3n) is 6.11. The van der Waals surface area contributed by atoms with E-state index < -0.39 is 51.7 Å². The smallest absolute Gasteiger partial charge is 0.408 e. The van der Waals surface area contributed by atoms with Crippen LogP contribution in [0.1, 0.15) is 50.7 Å². The monoisotopic (exact) mass is 497 g/mol. The molecule has 188 valence electrons. The maximum atomic E-state index is 13.0. The van der Waals surface area contributed by atoms with Gasteiger partial charge in [-0.1, -0.05) is 43.2 Å². The molecule has 34 heavy (non-hydrogen) atoms. The van der Waals surface area contributed by atoms with Crippen molar-refractivity contribution in [1.29, 1.82) is 0 Å². The standard InChI is InChI=1S/C22H31N3O8S/c1-13(15-5-3-2-4-6-15)33-22(29)25-17(11-14-7-8-14)20(27)24-18(21(28)34(30,31)32)12-16-9-10-23-19(16)26/h2-6,13-14,16-18,21,28H,7-12H2,1H3,(H,23,26)(H,24,27)(H,25,29)(H,30,31,32)/t13-,16-,17-,18-,21?/m0/s1. The first-order valence-electron chi connectivity index (χ1n) is 11.3. The fraction of sp³-hybridized carbons (Fsp3) is 0.591. The summed E-state index contributed by atoms with van der Waals surface area (Å²) in [5.41, 5.74) is -1.55. The number of carbonyl (C=O) groups is 3. The SMILES string of the molecule is C[C@H](OC(=O)N[C@@H](CC1CC1)C(=O)N[C@@H](C[C@@H]1CCNC1=O)C(O)S(=O)(=O)O)c1ccccc1. The maximum Gasteiger partial charge on any atom is 0.408 e. The molecule has 2 fully saturated rings. The molecule has 1 saturated carbocycles. The van der Waals surface area contributed by atoms with E-state index in [0.29, 0.717) is 19.4 Å². The summed E-state index contributed by atoms with van der Waals surface area (Å²) >= 11 is 0. The van der Waals surface area contributed by atoms with Crippen LogP contribution in [0.4, 0.5) is 4.79 Å². The Labute approximate surface area is 198 Å². The lowest BCUT2D eigenvalue weighted by atomic mass is 9.98. The molecule has 1 aromatic carbocycles.